The quantitative estimate of drug-likeness (QED) is 0.760. The fraction of sp³-hybridized carbons (Fsp3) is 0.438. The first-order chi connectivity index (χ1) is 11.9. The van der Waals surface area contributed by atoms with Crippen molar-refractivity contribution in [3.8, 4) is 0 Å². The summed E-state index contributed by atoms with van der Waals surface area (Å²) in [5.41, 5.74) is 12.8. The van der Waals surface area contributed by atoms with Gasteiger partial charge in [0.15, 0.2) is 5.66 Å². The van der Waals surface area contributed by atoms with E-state index < -0.39 is 17.5 Å². The molecule has 5 N–H and O–H groups in total. The van der Waals surface area contributed by atoms with Crippen LogP contribution < -0.4 is 16.8 Å². The van der Waals surface area contributed by atoms with Crippen molar-refractivity contribution in [3.63, 3.8) is 0 Å². The van der Waals surface area contributed by atoms with E-state index in [1.54, 1.807) is 29.3 Å². The molecule has 4 rings (SSSR count). The third-order valence-corrected chi connectivity index (χ3v) is 4.97. The average Bonchev–Trinajstić information content (AvgIpc) is 3.01. The lowest BCUT2D eigenvalue weighted by Crippen LogP contribution is -2.56. The summed E-state index contributed by atoms with van der Waals surface area (Å²) >= 11 is 0. The topological polar surface area (TPSA) is 107 Å². The van der Waals surface area contributed by atoms with Gasteiger partial charge in [0, 0.05) is 37.4 Å². The van der Waals surface area contributed by atoms with Crippen LogP contribution >= 0.6 is 0 Å². The summed E-state index contributed by atoms with van der Waals surface area (Å²) < 4.78 is 29.4. The van der Waals surface area contributed by atoms with Gasteiger partial charge in [-0.25, -0.2) is 18.3 Å². The van der Waals surface area contributed by atoms with E-state index in [4.69, 9.17) is 11.5 Å². The maximum absolute atomic E-state index is 13.9. The van der Waals surface area contributed by atoms with Crippen molar-refractivity contribution in [2.75, 3.05) is 0 Å². The molecule has 132 valence electrons. The Kier molecular flexibility index (Phi) is 3.50. The number of nitrogens with one attached hydrogen (secondary N) is 1. The normalized spacial score (nSPS) is 29.0. The van der Waals surface area contributed by atoms with Crippen molar-refractivity contribution in [2.45, 2.75) is 37.3 Å². The smallest absolute Gasteiger partial charge is 0.248 e. The maximum Gasteiger partial charge on any atom is 0.248 e. The maximum atomic E-state index is 13.9. The molecule has 0 radical (unpaired) electrons. The third kappa shape index (κ3) is 2.64. The van der Waals surface area contributed by atoms with Crippen molar-refractivity contribution in [1.82, 2.24) is 19.9 Å². The predicted octanol–water partition coefficient (Wildman–Crippen LogP) is 1.36. The summed E-state index contributed by atoms with van der Waals surface area (Å²) in [7, 11) is 0. The van der Waals surface area contributed by atoms with Crippen LogP contribution in [0.2, 0.25) is 0 Å². The van der Waals surface area contributed by atoms with Gasteiger partial charge >= 0.3 is 0 Å². The lowest BCUT2D eigenvalue weighted by Gasteiger charge is -2.41. The Morgan fingerprint density at radius 2 is 2.16 bits per heavy atom. The number of nitrogens with zero attached hydrogens (tertiary/aromatic N) is 4. The van der Waals surface area contributed by atoms with Gasteiger partial charge in [-0.3, -0.25) is 4.98 Å². The van der Waals surface area contributed by atoms with Crippen molar-refractivity contribution in [2.24, 2.45) is 22.4 Å². The molecule has 0 bridgehead atoms. The van der Waals surface area contributed by atoms with Crippen molar-refractivity contribution < 1.29 is 8.78 Å². The summed E-state index contributed by atoms with van der Waals surface area (Å²) in [6, 6.07) is 0. The molecule has 2 aromatic heterocycles. The van der Waals surface area contributed by atoms with Crippen LogP contribution in [-0.2, 0) is 0 Å². The number of hydrogen-bond acceptors (Lipinski definition) is 6. The second-order valence-corrected chi connectivity index (χ2v) is 6.64. The van der Waals surface area contributed by atoms with Gasteiger partial charge in [0.25, 0.3) is 0 Å². The van der Waals surface area contributed by atoms with Gasteiger partial charge in [0.1, 0.15) is 5.84 Å². The molecule has 2 aliphatic rings. The summed E-state index contributed by atoms with van der Waals surface area (Å²) in [4.78, 5) is 8.64. The van der Waals surface area contributed by atoms with Crippen LogP contribution in [0, 0.1) is 5.92 Å². The minimum absolute atomic E-state index is 0.113. The Morgan fingerprint density at radius 3 is 2.96 bits per heavy atom. The molecule has 1 aliphatic heterocycles. The number of fused-ring (bicyclic) bond motifs is 1. The number of nitrogens with two attached hydrogens (primary N) is 2. The molecule has 0 spiro atoms. The summed E-state index contributed by atoms with van der Waals surface area (Å²) in [6.07, 6.45) is 8.70. The van der Waals surface area contributed by atoms with E-state index in [1.165, 1.54) is 6.20 Å². The molecule has 2 unspecified atom stereocenters. The van der Waals surface area contributed by atoms with Crippen LogP contribution in [-0.4, -0.2) is 32.0 Å². The summed E-state index contributed by atoms with van der Waals surface area (Å²) in [5.74, 6) is -2.80. The van der Waals surface area contributed by atoms with Crippen LogP contribution in [0.1, 0.15) is 31.2 Å². The van der Waals surface area contributed by atoms with Gasteiger partial charge in [0.2, 0.25) is 5.92 Å². The van der Waals surface area contributed by atoms with E-state index in [2.05, 4.69) is 20.4 Å². The van der Waals surface area contributed by atoms with Crippen LogP contribution in [0.5, 0.6) is 0 Å². The largest absolute Gasteiger partial charge is 0.398 e. The Hall–Kier alpha value is -2.55. The van der Waals surface area contributed by atoms with Gasteiger partial charge in [-0.15, -0.1) is 0 Å². The first-order valence-corrected chi connectivity index (χ1v) is 8.16. The fourth-order valence-electron chi connectivity index (χ4n) is 3.57. The lowest BCUT2D eigenvalue weighted by molar-refractivity contribution is -0.0620. The fourth-order valence-corrected chi connectivity index (χ4v) is 3.57. The molecule has 1 aliphatic carbocycles. The number of amidine groups is 1. The highest BCUT2D eigenvalue weighted by Crippen LogP contribution is 2.43. The number of alkyl halides is 2. The third-order valence-electron chi connectivity index (χ3n) is 4.97. The van der Waals surface area contributed by atoms with Gasteiger partial charge in [-0.05, 0) is 12.8 Å². The molecule has 25 heavy (non-hydrogen) atoms. The number of aromatic nitrogens is 3. The molecule has 9 heteroatoms. The van der Waals surface area contributed by atoms with E-state index in [9.17, 15) is 8.78 Å². The Bertz CT molecular complexity index is 872. The molecular weight excluding hydrogens is 328 g/mol. The first-order valence-electron chi connectivity index (χ1n) is 8.16. The lowest BCUT2D eigenvalue weighted by atomic mass is 9.77. The van der Waals surface area contributed by atoms with Crippen molar-refractivity contribution in [3.05, 3.63) is 42.2 Å². The van der Waals surface area contributed by atoms with Crippen molar-refractivity contribution >= 4 is 11.4 Å². The molecule has 2 atom stereocenters. The Balaban J connectivity index is 1.74. The molecular formula is C16H19F2N7. The van der Waals surface area contributed by atoms with Crippen LogP contribution in [0.3, 0.4) is 0 Å². The molecule has 2 aromatic rings. The molecule has 1 saturated carbocycles. The van der Waals surface area contributed by atoms with E-state index in [-0.39, 0.29) is 18.5 Å². The SMILES string of the molecule is NC1=CNC(c2cnn3ccncc23)=NC1(N)C1CCCC(F)(F)C1. The van der Waals surface area contributed by atoms with E-state index in [0.29, 0.717) is 24.2 Å². The van der Waals surface area contributed by atoms with Crippen molar-refractivity contribution in [1.29, 1.82) is 0 Å². The van der Waals surface area contributed by atoms with Crippen LogP contribution in [0.4, 0.5) is 8.78 Å². The predicted molar refractivity (Wildman–Crippen MR) is 88.8 cm³/mol. The second-order valence-electron chi connectivity index (χ2n) is 6.64. The Labute approximate surface area is 142 Å². The van der Waals surface area contributed by atoms with E-state index in [0.717, 1.165) is 5.52 Å². The number of halogens is 2. The summed E-state index contributed by atoms with van der Waals surface area (Å²) in [5, 5.41) is 7.23. The Morgan fingerprint density at radius 1 is 1.32 bits per heavy atom. The van der Waals surface area contributed by atoms with Gasteiger partial charge < -0.3 is 16.8 Å². The average molecular weight is 347 g/mol. The zero-order valence-electron chi connectivity index (χ0n) is 13.5. The first kappa shape index (κ1) is 15.9. The van der Waals surface area contributed by atoms with Gasteiger partial charge in [-0.1, -0.05) is 0 Å². The highest BCUT2D eigenvalue weighted by molar-refractivity contribution is 6.05. The standard InChI is InChI=1S/C16H19F2N7/c17-15(18)3-1-2-10(6-15)16(20)13(19)9-22-14(24-16)11-7-23-25-5-4-21-8-12(11)25/h4-5,7-10H,1-3,6,19-20H2,(H,22,24). The zero-order chi connectivity index (χ0) is 17.7. The molecule has 0 amide bonds. The van der Waals surface area contributed by atoms with Gasteiger partial charge in [0.05, 0.1) is 29.2 Å². The highest BCUT2D eigenvalue weighted by Gasteiger charge is 2.47. The van der Waals surface area contributed by atoms with E-state index in [1.807, 2.05) is 0 Å². The number of hydrogen-bond donors (Lipinski definition) is 3. The monoisotopic (exact) mass is 347 g/mol. The van der Waals surface area contributed by atoms with Gasteiger partial charge in [-0.2, -0.15) is 5.10 Å². The molecule has 1 fully saturated rings. The minimum Gasteiger partial charge on any atom is -0.398 e. The minimum atomic E-state index is -2.73. The zero-order valence-corrected chi connectivity index (χ0v) is 13.5. The molecule has 3 heterocycles. The molecule has 0 aromatic carbocycles. The van der Waals surface area contributed by atoms with E-state index >= 15 is 0 Å². The second kappa shape index (κ2) is 5.48. The summed E-state index contributed by atoms with van der Waals surface area (Å²) in [6.45, 7) is 0. The molecule has 7 nitrogen and oxygen atoms in total. The van der Waals surface area contributed by atoms with Crippen LogP contribution in [0.15, 0.2) is 41.7 Å². The number of aliphatic imine (C=N–C) groups is 1. The number of rotatable bonds is 2. The highest BCUT2D eigenvalue weighted by atomic mass is 19.3. The van der Waals surface area contributed by atoms with Crippen LogP contribution in [0.25, 0.3) is 5.52 Å². The molecule has 0 saturated heterocycles.